The third-order valence-electron chi connectivity index (χ3n) is 2.68. The number of primary amides is 1. The Morgan fingerprint density at radius 1 is 1.35 bits per heavy atom. The van der Waals surface area contributed by atoms with Crippen LogP contribution in [0.25, 0.3) is 0 Å². The van der Waals surface area contributed by atoms with E-state index >= 15 is 0 Å². The summed E-state index contributed by atoms with van der Waals surface area (Å²) in [5.41, 5.74) is 6.20. The molecule has 5 nitrogen and oxygen atoms in total. The van der Waals surface area contributed by atoms with Crippen molar-refractivity contribution >= 4 is 11.8 Å². The topological polar surface area (TPSA) is 81.4 Å². The molecule has 1 atom stereocenters. The maximum atomic E-state index is 11.6. The van der Waals surface area contributed by atoms with Gasteiger partial charge >= 0.3 is 0 Å². The third kappa shape index (κ3) is 6.15. The zero-order valence-electron chi connectivity index (χ0n) is 11.4. The summed E-state index contributed by atoms with van der Waals surface area (Å²) in [4.78, 5) is 22.8. The van der Waals surface area contributed by atoms with Crippen LogP contribution in [0.5, 0.6) is 0 Å². The van der Waals surface area contributed by atoms with Gasteiger partial charge in [-0.2, -0.15) is 0 Å². The van der Waals surface area contributed by atoms with E-state index in [1.165, 1.54) is 0 Å². The Bertz CT molecular complexity index is 446. The maximum absolute atomic E-state index is 11.6. The Hall–Kier alpha value is -2.14. The first kappa shape index (κ1) is 15.9. The van der Waals surface area contributed by atoms with Crippen molar-refractivity contribution in [1.82, 2.24) is 5.32 Å². The number of hydrogen-bond donors (Lipinski definition) is 2. The van der Waals surface area contributed by atoms with Gasteiger partial charge in [-0.3, -0.25) is 9.59 Å². The van der Waals surface area contributed by atoms with Gasteiger partial charge < -0.3 is 15.8 Å². The molecule has 1 rings (SSSR count). The molecule has 0 aliphatic heterocycles. The zero-order chi connectivity index (χ0) is 14.8. The van der Waals surface area contributed by atoms with E-state index in [0.717, 1.165) is 5.56 Å². The molecule has 0 unspecified atom stereocenters. The lowest BCUT2D eigenvalue weighted by Crippen LogP contribution is -2.45. The molecule has 20 heavy (non-hydrogen) atoms. The molecule has 1 aromatic carbocycles. The van der Waals surface area contributed by atoms with Crippen LogP contribution in [0, 0.1) is 0 Å². The lowest BCUT2D eigenvalue weighted by molar-refractivity contribution is -0.130. The van der Waals surface area contributed by atoms with Crippen molar-refractivity contribution in [3.8, 4) is 0 Å². The van der Waals surface area contributed by atoms with Crippen LogP contribution in [0.1, 0.15) is 18.4 Å². The van der Waals surface area contributed by atoms with E-state index in [9.17, 15) is 9.59 Å². The number of amides is 2. The predicted molar refractivity (Wildman–Crippen MR) is 76.7 cm³/mol. The van der Waals surface area contributed by atoms with Crippen LogP contribution in [0.4, 0.5) is 0 Å². The van der Waals surface area contributed by atoms with E-state index in [1.807, 2.05) is 30.3 Å². The van der Waals surface area contributed by atoms with Gasteiger partial charge in [0.15, 0.2) is 0 Å². The van der Waals surface area contributed by atoms with Crippen LogP contribution in [-0.2, 0) is 20.9 Å². The Morgan fingerprint density at radius 2 is 2.05 bits per heavy atom. The zero-order valence-corrected chi connectivity index (χ0v) is 11.4. The smallest absolute Gasteiger partial charge is 0.246 e. The van der Waals surface area contributed by atoms with Crippen molar-refractivity contribution in [1.29, 1.82) is 0 Å². The van der Waals surface area contributed by atoms with E-state index in [1.54, 1.807) is 6.08 Å². The monoisotopic (exact) mass is 276 g/mol. The second-order valence-corrected chi connectivity index (χ2v) is 4.37. The highest BCUT2D eigenvalue weighted by Crippen LogP contribution is 2.01. The number of benzene rings is 1. The number of ether oxygens (including phenoxy) is 1. The molecular formula is C15H20N2O3. The number of hydrogen-bond acceptors (Lipinski definition) is 3. The largest absolute Gasteiger partial charge is 0.368 e. The van der Waals surface area contributed by atoms with Crippen LogP contribution in [-0.4, -0.2) is 24.5 Å². The first-order valence-corrected chi connectivity index (χ1v) is 6.44. The van der Waals surface area contributed by atoms with Gasteiger partial charge in [0.25, 0.3) is 0 Å². The van der Waals surface area contributed by atoms with Crippen LogP contribution >= 0.6 is 0 Å². The first-order valence-electron chi connectivity index (χ1n) is 6.44. The first-order chi connectivity index (χ1) is 9.63. The Labute approximate surface area is 118 Å². The number of carbonyl (C=O) groups is 2. The van der Waals surface area contributed by atoms with E-state index in [-0.39, 0.29) is 12.5 Å². The van der Waals surface area contributed by atoms with Crippen molar-refractivity contribution in [2.24, 2.45) is 5.73 Å². The number of carbonyl (C=O) groups excluding carboxylic acids is 2. The Morgan fingerprint density at radius 3 is 2.65 bits per heavy atom. The summed E-state index contributed by atoms with van der Waals surface area (Å²) in [6, 6.07) is 8.85. The summed E-state index contributed by atoms with van der Waals surface area (Å²) in [7, 11) is 0. The summed E-state index contributed by atoms with van der Waals surface area (Å²) in [6.07, 6.45) is 2.73. The lowest BCUT2D eigenvalue weighted by atomic mass is 10.1. The standard InChI is InChI=1S/C15H20N2O3/c1-2-3-9-13(15(16)19)17-14(18)11-20-10-12-7-5-4-6-8-12/h2,4-8,13H,1,3,9-11H2,(H2,16,19)(H,17,18)/t13-/m1/s1. The van der Waals surface area contributed by atoms with Crippen molar-refractivity contribution in [3.63, 3.8) is 0 Å². The van der Waals surface area contributed by atoms with Crippen LogP contribution in [0.15, 0.2) is 43.0 Å². The number of rotatable bonds is 9. The fourth-order valence-corrected chi connectivity index (χ4v) is 1.64. The molecule has 0 radical (unpaired) electrons. The highest BCUT2D eigenvalue weighted by molar-refractivity contribution is 5.86. The van der Waals surface area contributed by atoms with Gasteiger partial charge in [-0.25, -0.2) is 0 Å². The van der Waals surface area contributed by atoms with Crippen molar-refractivity contribution in [3.05, 3.63) is 48.6 Å². The fraction of sp³-hybridized carbons (Fsp3) is 0.333. The quantitative estimate of drug-likeness (QED) is 0.664. The normalized spacial score (nSPS) is 11.6. The maximum Gasteiger partial charge on any atom is 0.246 e. The van der Waals surface area contributed by atoms with Gasteiger partial charge in [0.05, 0.1) is 6.61 Å². The summed E-state index contributed by atoms with van der Waals surface area (Å²) in [5.74, 6) is -0.906. The lowest BCUT2D eigenvalue weighted by Gasteiger charge is -2.14. The average molecular weight is 276 g/mol. The van der Waals surface area contributed by atoms with E-state index in [2.05, 4.69) is 11.9 Å². The van der Waals surface area contributed by atoms with E-state index in [4.69, 9.17) is 10.5 Å². The molecule has 0 heterocycles. The van der Waals surface area contributed by atoms with E-state index in [0.29, 0.717) is 19.4 Å². The molecular weight excluding hydrogens is 256 g/mol. The van der Waals surface area contributed by atoms with Crippen molar-refractivity contribution in [2.75, 3.05) is 6.61 Å². The Kier molecular flexibility index (Phi) is 7.06. The highest BCUT2D eigenvalue weighted by Gasteiger charge is 2.16. The molecule has 108 valence electrons. The van der Waals surface area contributed by atoms with Gasteiger partial charge in [0, 0.05) is 0 Å². The third-order valence-corrected chi connectivity index (χ3v) is 2.68. The second-order valence-electron chi connectivity index (χ2n) is 4.37. The minimum Gasteiger partial charge on any atom is -0.368 e. The number of nitrogens with two attached hydrogens (primary N) is 1. The van der Waals surface area contributed by atoms with Gasteiger partial charge in [0.2, 0.25) is 11.8 Å². The van der Waals surface area contributed by atoms with Gasteiger partial charge in [0.1, 0.15) is 12.6 Å². The van der Waals surface area contributed by atoms with E-state index < -0.39 is 11.9 Å². The van der Waals surface area contributed by atoms with Gasteiger partial charge in [-0.1, -0.05) is 36.4 Å². The molecule has 2 amide bonds. The minimum absolute atomic E-state index is 0.104. The molecule has 0 aromatic heterocycles. The SMILES string of the molecule is C=CCC[C@@H](NC(=O)COCc1ccccc1)C(N)=O. The summed E-state index contributed by atoms with van der Waals surface area (Å²) < 4.78 is 5.28. The molecule has 3 N–H and O–H groups in total. The summed E-state index contributed by atoms with van der Waals surface area (Å²) >= 11 is 0. The molecule has 0 fully saturated rings. The molecule has 0 aliphatic carbocycles. The van der Waals surface area contributed by atoms with Crippen LogP contribution < -0.4 is 11.1 Å². The van der Waals surface area contributed by atoms with Gasteiger partial charge in [-0.05, 0) is 18.4 Å². The molecule has 0 aliphatic rings. The fourth-order valence-electron chi connectivity index (χ4n) is 1.64. The second kappa shape index (κ2) is 8.87. The average Bonchev–Trinajstić information content (AvgIpc) is 2.44. The number of allylic oxidation sites excluding steroid dienone is 1. The molecule has 0 spiro atoms. The van der Waals surface area contributed by atoms with Crippen molar-refractivity contribution < 1.29 is 14.3 Å². The highest BCUT2D eigenvalue weighted by atomic mass is 16.5. The van der Waals surface area contributed by atoms with Crippen LogP contribution in [0.2, 0.25) is 0 Å². The number of nitrogens with one attached hydrogen (secondary N) is 1. The van der Waals surface area contributed by atoms with Gasteiger partial charge in [-0.15, -0.1) is 6.58 Å². The molecule has 0 saturated carbocycles. The summed E-state index contributed by atoms with van der Waals surface area (Å²) in [5, 5.41) is 2.55. The molecule has 0 bridgehead atoms. The Balaban J connectivity index is 2.31. The summed E-state index contributed by atoms with van der Waals surface area (Å²) in [6.45, 7) is 3.81. The molecule has 5 heteroatoms. The predicted octanol–water partition coefficient (Wildman–Crippen LogP) is 1.14. The minimum atomic E-state index is -0.680. The van der Waals surface area contributed by atoms with Crippen LogP contribution in [0.3, 0.4) is 0 Å². The van der Waals surface area contributed by atoms with Crippen molar-refractivity contribution in [2.45, 2.75) is 25.5 Å². The molecule has 0 saturated heterocycles. The molecule has 1 aromatic rings.